The van der Waals surface area contributed by atoms with Crippen LogP contribution in [0.1, 0.15) is 23.3 Å². The zero-order valence-electron chi connectivity index (χ0n) is 19.0. The summed E-state index contributed by atoms with van der Waals surface area (Å²) in [5.41, 5.74) is 4.11. The van der Waals surface area contributed by atoms with Crippen LogP contribution in [0.15, 0.2) is 75.9 Å². The molecule has 5 rings (SSSR count). The SMILES string of the molecule is COc1ccccc1-c1c(C)oc2c3c(ccc2c1=O)OCN(CCCc1ccccc1)C3. The number of hydrogen-bond acceptors (Lipinski definition) is 5. The van der Waals surface area contributed by atoms with Crippen molar-refractivity contribution in [2.75, 3.05) is 20.4 Å². The molecule has 0 N–H and O–H groups in total. The predicted octanol–water partition coefficient (Wildman–Crippen LogP) is 5.56. The maximum Gasteiger partial charge on any atom is 0.200 e. The minimum absolute atomic E-state index is 0.0535. The average molecular weight is 442 g/mol. The molecule has 0 atom stereocenters. The number of fused-ring (bicyclic) bond motifs is 3. The van der Waals surface area contributed by atoms with E-state index in [4.69, 9.17) is 13.9 Å². The minimum Gasteiger partial charge on any atom is -0.496 e. The van der Waals surface area contributed by atoms with E-state index in [-0.39, 0.29) is 5.43 Å². The van der Waals surface area contributed by atoms with Gasteiger partial charge in [0.25, 0.3) is 0 Å². The van der Waals surface area contributed by atoms with Crippen molar-refractivity contribution in [3.05, 3.63) is 93.8 Å². The Bertz CT molecular complexity index is 1340. The van der Waals surface area contributed by atoms with Gasteiger partial charge in [0.15, 0.2) is 0 Å². The molecule has 0 unspecified atom stereocenters. The van der Waals surface area contributed by atoms with Gasteiger partial charge in [-0.2, -0.15) is 0 Å². The average Bonchev–Trinajstić information content (AvgIpc) is 2.85. The summed E-state index contributed by atoms with van der Waals surface area (Å²) in [4.78, 5) is 15.8. The third-order valence-electron chi connectivity index (χ3n) is 6.24. The van der Waals surface area contributed by atoms with Crippen LogP contribution in [0.3, 0.4) is 0 Å². The van der Waals surface area contributed by atoms with Crippen LogP contribution >= 0.6 is 0 Å². The van der Waals surface area contributed by atoms with E-state index in [2.05, 4.69) is 29.2 Å². The van der Waals surface area contributed by atoms with Crippen LogP contribution < -0.4 is 14.9 Å². The Labute approximate surface area is 193 Å². The minimum atomic E-state index is -0.0535. The lowest BCUT2D eigenvalue weighted by molar-refractivity contribution is 0.0946. The molecule has 0 fully saturated rings. The van der Waals surface area contributed by atoms with Crippen molar-refractivity contribution in [2.24, 2.45) is 0 Å². The second kappa shape index (κ2) is 9.12. The highest BCUT2D eigenvalue weighted by Gasteiger charge is 2.24. The molecule has 3 aromatic carbocycles. The zero-order chi connectivity index (χ0) is 22.8. The Morgan fingerprint density at radius 2 is 1.79 bits per heavy atom. The van der Waals surface area contributed by atoms with Crippen molar-refractivity contribution in [1.82, 2.24) is 4.90 Å². The molecular weight excluding hydrogens is 414 g/mol. The highest BCUT2D eigenvalue weighted by Crippen LogP contribution is 2.36. The molecule has 33 heavy (non-hydrogen) atoms. The lowest BCUT2D eigenvalue weighted by Gasteiger charge is -2.29. The Kier molecular flexibility index (Phi) is 5.88. The summed E-state index contributed by atoms with van der Waals surface area (Å²) in [7, 11) is 1.61. The molecule has 2 heterocycles. The normalized spacial score (nSPS) is 13.5. The molecule has 1 aliphatic rings. The van der Waals surface area contributed by atoms with Crippen LogP contribution in [0, 0.1) is 6.92 Å². The van der Waals surface area contributed by atoms with E-state index in [1.54, 1.807) is 7.11 Å². The maximum atomic E-state index is 13.5. The second-order valence-electron chi connectivity index (χ2n) is 8.40. The van der Waals surface area contributed by atoms with Crippen LogP contribution in [0.5, 0.6) is 11.5 Å². The first-order valence-electron chi connectivity index (χ1n) is 11.3. The first-order valence-corrected chi connectivity index (χ1v) is 11.3. The van der Waals surface area contributed by atoms with E-state index in [1.807, 2.05) is 49.4 Å². The molecule has 0 saturated carbocycles. The standard InChI is InChI=1S/C28H27NO4/c1-19-26(21-12-6-7-13-24(21)31-2)27(30)22-14-15-25-23(28(22)33-19)17-29(18-32-25)16-8-11-20-9-4-3-5-10-20/h3-7,9-10,12-15H,8,11,16-18H2,1-2H3. The van der Waals surface area contributed by atoms with Crippen molar-refractivity contribution in [3.8, 4) is 22.6 Å². The molecule has 1 aromatic heterocycles. The Hall–Kier alpha value is -3.57. The summed E-state index contributed by atoms with van der Waals surface area (Å²) in [6.45, 7) is 3.98. The van der Waals surface area contributed by atoms with E-state index in [1.165, 1.54) is 5.56 Å². The third-order valence-corrected chi connectivity index (χ3v) is 6.24. The topological polar surface area (TPSA) is 51.9 Å². The number of hydrogen-bond donors (Lipinski definition) is 0. The molecule has 1 aliphatic heterocycles. The molecule has 0 saturated heterocycles. The summed E-state index contributed by atoms with van der Waals surface area (Å²) in [5, 5.41) is 0.565. The molecule has 0 aliphatic carbocycles. The summed E-state index contributed by atoms with van der Waals surface area (Å²) < 4.78 is 17.8. The summed E-state index contributed by atoms with van der Waals surface area (Å²) in [6, 6.07) is 21.7. The number of rotatable bonds is 6. The van der Waals surface area contributed by atoms with Gasteiger partial charge in [-0.15, -0.1) is 0 Å². The fourth-order valence-corrected chi connectivity index (χ4v) is 4.58. The lowest BCUT2D eigenvalue weighted by Crippen LogP contribution is -2.33. The fourth-order valence-electron chi connectivity index (χ4n) is 4.58. The molecule has 0 radical (unpaired) electrons. The number of benzene rings is 3. The highest BCUT2D eigenvalue weighted by molar-refractivity contribution is 5.87. The molecule has 168 valence electrons. The van der Waals surface area contributed by atoms with Gasteiger partial charge in [0, 0.05) is 18.7 Å². The van der Waals surface area contributed by atoms with E-state index >= 15 is 0 Å². The van der Waals surface area contributed by atoms with Crippen LogP contribution in [0.2, 0.25) is 0 Å². The smallest absolute Gasteiger partial charge is 0.200 e. The van der Waals surface area contributed by atoms with Gasteiger partial charge in [0.05, 0.1) is 23.6 Å². The molecule has 4 aromatic rings. The predicted molar refractivity (Wildman–Crippen MR) is 130 cm³/mol. The summed E-state index contributed by atoms with van der Waals surface area (Å²) in [5.74, 6) is 2.01. The summed E-state index contributed by atoms with van der Waals surface area (Å²) >= 11 is 0. The second-order valence-corrected chi connectivity index (χ2v) is 8.40. The van der Waals surface area contributed by atoms with Crippen molar-refractivity contribution in [2.45, 2.75) is 26.3 Å². The van der Waals surface area contributed by atoms with Gasteiger partial charge < -0.3 is 13.9 Å². The Balaban J connectivity index is 1.46. The van der Waals surface area contributed by atoms with Crippen LogP contribution in [-0.4, -0.2) is 25.3 Å². The highest BCUT2D eigenvalue weighted by atomic mass is 16.5. The molecule has 5 heteroatoms. The third kappa shape index (κ3) is 4.12. The van der Waals surface area contributed by atoms with Gasteiger partial charge in [0.2, 0.25) is 5.43 Å². The number of methoxy groups -OCH3 is 1. The van der Waals surface area contributed by atoms with E-state index < -0.39 is 0 Å². The molecule has 5 nitrogen and oxygen atoms in total. The quantitative estimate of drug-likeness (QED) is 0.392. The number of ether oxygens (including phenoxy) is 2. The van der Waals surface area contributed by atoms with E-state index in [0.717, 1.165) is 36.3 Å². The van der Waals surface area contributed by atoms with Crippen LogP contribution in [0.25, 0.3) is 22.1 Å². The number of aryl methyl sites for hydroxylation is 2. The fraction of sp³-hybridized carbons (Fsp3) is 0.250. The van der Waals surface area contributed by atoms with Crippen molar-refractivity contribution in [1.29, 1.82) is 0 Å². The van der Waals surface area contributed by atoms with Gasteiger partial charge in [-0.3, -0.25) is 9.69 Å². The van der Waals surface area contributed by atoms with E-state index in [0.29, 0.717) is 41.3 Å². The van der Waals surface area contributed by atoms with Gasteiger partial charge in [-0.1, -0.05) is 48.5 Å². The molecule has 0 spiro atoms. The largest absolute Gasteiger partial charge is 0.496 e. The van der Waals surface area contributed by atoms with Gasteiger partial charge in [-0.25, -0.2) is 0 Å². The first-order chi connectivity index (χ1) is 16.2. The zero-order valence-corrected chi connectivity index (χ0v) is 19.0. The van der Waals surface area contributed by atoms with Crippen LogP contribution in [-0.2, 0) is 13.0 Å². The van der Waals surface area contributed by atoms with Gasteiger partial charge >= 0.3 is 0 Å². The first kappa shape index (κ1) is 21.3. The maximum absolute atomic E-state index is 13.5. The van der Waals surface area contributed by atoms with Crippen molar-refractivity contribution in [3.63, 3.8) is 0 Å². The van der Waals surface area contributed by atoms with Gasteiger partial charge in [0.1, 0.15) is 29.6 Å². The Morgan fingerprint density at radius 3 is 2.61 bits per heavy atom. The molecule has 0 bridgehead atoms. The van der Waals surface area contributed by atoms with Crippen molar-refractivity contribution >= 4 is 11.0 Å². The molecule has 0 amide bonds. The van der Waals surface area contributed by atoms with E-state index in [9.17, 15) is 4.79 Å². The summed E-state index contributed by atoms with van der Waals surface area (Å²) in [6.07, 6.45) is 2.06. The Morgan fingerprint density at radius 1 is 1.00 bits per heavy atom. The van der Waals surface area contributed by atoms with Crippen LogP contribution in [0.4, 0.5) is 0 Å². The lowest BCUT2D eigenvalue weighted by atomic mass is 9.99. The monoisotopic (exact) mass is 441 g/mol. The molecular formula is C28H27NO4. The number of para-hydroxylation sites is 1. The number of nitrogens with zero attached hydrogens (tertiary/aromatic N) is 1. The van der Waals surface area contributed by atoms with Crippen molar-refractivity contribution < 1.29 is 13.9 Å². The van der Waals surface area contributed by atoms with Gasteiger partial charge in [-0.05, 0) is 43.5 Å².